The molecule has 1 atom stereocenters. The van der Waals surface area contributed by atoms with E-state index in [0.717, 1.165) is 35.2 Å². The van der Waals surface area contributed by atoms with Gasteiger partial charge in [0.25, 0.3) is 11.8 Å². The number of hydrogen-bond donors (Lipinski definition) is 1. The Labute approximate surface area is 244 Å². The standard InChI is InChI=1S/C35H31N3O4/c39-34(33-23-41-31-11-4-5-12-32(31)42-33)36-27-15-13-24(14-16-27)25-17-20-37(21-18-25)35(40)28-22-30(26-8-2-1-3-9-26)38-19-7-6-10-29(28)38/h1-16,19,22,25,33H,17-18,20-21,23H2,(H,36,39). The number of carbonyl (C=O) groups is 2. The van der Waals surface area contributed by atoms with Gasteiger partial charge in [-0.15, -0.1) is 0 Å². The Kier molecular flexibility index (Phi) is 6.84. The van der Waals surface area contributed by atoms with E-state index < -0.39 is 6.10 Å². The van der Waals surface area contributed by atoms with Gasteiger partial charge in [-0.2, -0.15) is 0 Å². The van der Waals surface area contributed by atoms with Crippen LogP contribution in [0.5, 0.6) is 11.5 Å². The summed E-state index contributed by atoms with van der Waals surface area (Å²) in [5.41, 5.74) is 5.70. The predicted octanol–water partition coefficient (Wildman–Crippen LogP) is 6.40. The molecule has 42 heavy (non-hydrogen) atoms. The van der Waals surface area contributed by atoms with E-state index in [9.17, 15) is 9.59 Å². The molecule has 1 saturated heterocycles. The van der Waals surface area contributed by atoms with Crippen molar-refractivity contribution in [2.24, 2.45) is 0 Å². The number of hydrogen-bond acceptors (Lipinski definition) is 4. The number of ether oxygens (including phenoxy) is 2. The Morgan fingerprint density at radius 2 is 1.50 bits per heavy atom. The summed E-state index contributed by atoms with van der Waals surface area (Å²) in [4.78, 5) is 28.5. The molecule has 4 heterocycles. The van der Waals surface area contributed by atoms with Crippen LogP contribution in [0.3, 0.4) is 0 Å². The van der Waals surface area contributed by atoms with Gasteiger partial charge in [-0.05, 0) is 72.4 Å². The summed E-state index contributed by atoms with van der Waals surface area (Å²) in [6.07, 6.45) is 3.09. The Bertz CT molecular complexity index is 1740. The lowest BCUT2D eigenvalue weighted by atomic mass is 9.89. The van der Waals surface area contributed by atoms with Crippen molar-refractivity contribution in [1.82, 2.24) is 9.30 Å². The van der Waals surface area contributed by atoms with E-state index in [2.05, 4.69) is 34.0 Å². The second-order valence-corrected chi connectivity index (χ2v) is 10.8. The monoisotopic (exact) mass is 557 g/mol. The number of nitrogens with one attached hydrogen (secondary N) is 1. The average Bonchev–Trinajstić information content (AvgIpc) is 3.45. The van der Waals surface area contributed by atoms with E-state index >= 15 is 0 Å². The van der Waals surface area contributed by atoms with Crippen LogP contribution in [0, 0.1) is 0 Å². The number of amides is 2. The van der Waals surface area contributed by atoms with Gasteiger partial charge in [0.15, 0.2) is 11.5 Å². The SMILES string of the molecule is O=C(Nc1ccc(C2CCN(C(=O)c3cc(-c4ccccc4)n4ccccc34)CC2)cc1)C1COc2ccccc2O1. The average molecular weight is 558 g/mol. The fourth-order valence-corrected chi connectivity index (χ4v) is 5.95. The van der Waals surface area contributed by atoms with Gasteiger partial charge in [-0.25, -0.2) is 0 Å². The lowest BCUT2D eigenvalue weighted by molar-refractivity contribution is -0.125. The van der Waals surface area contributed by atoms with Gasteiger partial charge >= 0.3 is 0 Å². The highest BCUT2D eigenvalue weighted by Crippen LogP contribution is 2.33. The zero-order valence-electron chi connectivity index (χ0n) is 23.1. The van der Waals surface area contributed by atoms with Crippen molar-refractivity contribution in [3.63, 3.8) is 0 Å². The van der Waals surface area contributed by atoms with Crippen molar-refractivity contribution >= 4 is 23.0 Å². The van der Waals surface area contributed by atoms with Crippen molar-refractivity contribution in [1.29, 1.82) is 0 Å². The van der Waals surface area contributed by atoms with Gasteiger partial charge in [0, 0.05) is 25.0 Å². The fourth-order valence-electron chi connectivity index (χ4n) is 5.95. The number of para-hydroxylation sites is 2. The van der Waals surface area contributed by atoms with E-state index in [1.165, 1.54) is 5.56 Å². The lowest BCUT2D eigenvalue weighted by Gasteiger charge is -2.32. The summed E-state index contributed by atoms with van der Waals surface area (Å²) in [6.45, 7) is 1.58. The highest BCUT2D eigenvalue weighted by atomic mass is 16.6. The summed E-state index contributed by atoms with van der Waals surface area (Å²) >= 11 is 0. The number of rotatable bonds is 5. The first-order valence-electron chi connectivity index (χ1n) is 14.4. The van der Waals surface area contributed by atoms with Crippen LogP contribution in [-0.4, -0.2) is 46.9 Å². The first-order valence-corrected chi connectivity index (χ1v) is 14.4. The van der Waals surface area contributed by atoms with Crippen LogP contribution in [0.15, 0.2) is 109 Å². The molecule has 2 aromatic heterocycles. The van der Waals surface area contributed by atoms with Gasteiger partial charge in [0.05, 0.1) is 16.8 Å². The van der Waals surface area contributed by atoms with Crippen molar-refractivity contribution in [2.75, 3.05) is 25.0 Å². The first kappa shape index (κ1) is 25.9. The summed E-state index contributed by atoms with van der Waals surface area (Å²) in [5.74, 6) is 1.42. The van der Waals surface area contributed by atoms with Gasteiger partial charge in [0.1, 0.15) is 6.61 Å². The summed E-state index contributed by atoms with van der Waals surface area (Å²) in [5, 5.41) is 2.94. The number of pyridine rings is 1. The fraction of sp³-hybridized carbons (Fsp3) is 0.200. The van der Waals surface area contributed by atoms with Crippen LogP contribution in [0.25, 0.3) is 16.8 Å². The molecule has 0 saturated carbocycles. The molecule has 1 N–H and O–H groups in total. The van der Waals surface area contributed by atoms with E-state index in [1.54, 1.807) is 6.07 Å². The maximum Gasteiger partial charge on any atom is 0.269 e. The number of nitrogens with zero attached hydrogens (tertiary/aromatic N) is 2. The smallest absolute Gasteiger partial charge is 0.269 e. The Morgan fingerprint density at radius 3 is 2.29 bits per heavy atom. The topological polar surface area (TPSA) is 72.3 Å². The van der Waals surface area contributed by atoms with Gasteiger partial charge in [0.2, 0.25) is 6.10 Å². The van der Waals surface area contributed by atoms with Gasteiger partial charge in [-0.3, -0.25) is 9.59 Å². The lowest BCUT2D eigenvalue weighted by Crippen LogP contribution is -2.40. The van der Waals surface area contributed by atoms with Crippen molar-refractivity contribution in [3.8, 4) is 22.8 Å². The maximum atomic E-state index is 13.7. The number of piperidine rings is 1. The molecule has 5 aromatic rings. The van der Waals surface area contributed by atoms with E-state index in [1.807, 2.05) is 83.9 Å². The first-order chi connectivity index (χ1) is 20.6. The second kappa shape index (κ2) is 11.1. The number of carbonyl (C=O) groups excluding carboxylic acids is 2. The number of fused-ring (bicyclic) bond motifs is 2. The van der Waals surface area contributed by atoms with Gasteiger partial charge < -0.3 is 24.1 Å². The Hall–Kier alpha value is -5.04. The summed E-state index contributed by atoms with van der Waals surface area (Å²) in [7, 11) is 0. The normalized spacial score (nSPS) is 16.8. The molecule has 7 nitrogen and oxygen atoms in total. The zero-order chi connectivity index (χ0) is 28.5. The molecule has 210 valence electrons. The van der Waals surface area contributed by atoms with Crippen LogP contribution in [0.1, 0.15) is 34.7 Å². The third-order valence-electron chi connectivity index (χ3n) is 8.21. The van der Waals surface area contributed by atoms with Crippen LogP contribution in [0.4, 0.5) is 5.69 Å². The van der Waals surface area contributed by atoms with Crippen LogP contribution < -0.4 is 14.8 Å². The predicted molar refractivity (Wildman–Crippen MR) is 162 cm³/mol. The molecule has 2 amide bonds. The van der Waals surface area contributed by atoms with Crippen LogP contribution in [0.2, 0.25) is 0 Å². The number of likely N-dealkylation sites (tertiary alicyclic amines) is 1. The van der Waals surface area contributed by atoms with E-state index in [4.69, 9.17) is 9.47 Å². The highest BCUT2D eigenvalue weighted by molar-refractivity contribution is 6.03. The molecular weight excluding hydrogens is 526 g/mol. The van der Waals surface area contributed by atoms with Crippen LogP contribution in [-0.2, 0) is 4.79 Å². The molecule has 2 aliphatic heterocycles. The molecule has 3 aromatic carbocycles. The highest BCUT2D eigenvalue weighted by Gasteiger charge is 2.29. The van der Waals surface area contributed by atoms with Gasteiger partial charge in [-0.1, -0.05) is 60.7 Å². The zero-order valence-corrected chi connectivity index (χ0v) is 23.1. The maximum absolute atomic E-state index is 13.7. The molecule has 0 aliphatic carbocycles. The van der Waals surface area contributed by atoms with E-state index in [0.29, 0.717) is 36.2 Å². The molecule has 7 heteroatoms. The molecule has 0 bridgehead atoms. The minimum atomic E-state index is -0.705. The van der Waals surface area contributed by atoms with Crippen LogP contribution >= 0.6 is 0 Å². The van der Waals surface area contributed by atoms with E-state index in [-0.39, 0.29) is 18.4 Å². The third-order valence-corrected chi connectivity index (χ3v) is 8.21. The number of benzene rings is 3. The molecule has 1 fully saturated rings. The molecule has 7 rings (SSSR count). The largest absolute Gasteiger partial charge is 0.485 e. The Morgan fingerprint density at radius 1 is 0.786 bits per heavy atom. The third kappa shape index (κ3) is 4.98. The second-order valence-electron chi connectivity index (χ2n) is 10.8. The molecular formula is C35H31N3O4. The molecule has 2 aliphatic rings. The molecule has 1 unspecified atom stereocenters. The molecule has 0 spiro atoms. The molecule has 0 radical (unpaired) electrons. The summed E-state index contributed by atoms with van der Waals surface area (Å²) in [6, 6.07) is 33.5. The quantitative estimate of drug-likeness (QED) is 0.271. The number of anilines is 1. The van der Waals surface area contributed by atoms with Crippen molar-refractivity contribution in [2.45, 2.75) is 24.9 Å². The van der Waals surface area contributed by atoms with Crippen molar-refractivity contribution in [3.05, 3.63) is 120 Å². The summed E-state index contributed by atoms with van der Waals surface area (Å²) < 4.78 is 13.6. The van der Waals surface area contributed by atoms with Crippen molar-refractivity contribution < 1.29 is 19.1 Å². The minimum Gasteiger partial charge on any atom is -0.485 e. The number of aromatic nitrogens is 1. The minimum absolute atomic E-state index is 0.0777. The Balaban J connectivity index is 0.983.